The number of aryl methyl sites for hydroxylation is 1. The van der Waals surface area contributed by atoms with Gasteiger partial charge in [0.1, 0.15) is 11.5 Å². The molecular weight excluding hydrogens is 224 g/mol. The maximum absolute atomic E-state index is 5.35. The van der Waals surface area contributed by atoms with Gasteiger partial charge in [0.05, 0.1) is 0 Å². The Morgan fingerprint density at radius 2 is 2.06 bits per heavy atom. The number of hydrogen-bond donors (Lipinski definition) is 0. The second-order valence-corrected chi connectivity index (χ2v) is 4.58. The SMILES string of the molecule is CCCCCCCc1cc(-c2cccnc2)no1. The summed E-state index contributed by atoms with van der Waals surface area (Å²) in [6.07, 6.45) is 10.9. The number of nitrogens with zero attached hydrogens (tertiary/aromatic N) is 2. The van der Waals surface area contributed by atoms with E-state index in [1.165, 1.54) is 32.1 Å². The lowest BCUT2D eigenvalue weighted by atomic mass is 10.1. The topological polar surface area (TPSA) is 38.9 Å². The minimum Gasteiger partial charge on any atom is -0.361 e. The van der Waals surface area contributed by atoms with Crippen LogP contribution in [0.5, 0.6) is 0 Å². The molecule has 0 aromatic carbocycles. The van der Waals surface area contributed by atoms with E-state index < -0.39 is 0 Å². The van der Waals surface area contributed by atoms with Crippen LogP contribution in [-0.2, 0) is 6.42 Å². The van der Waals surface area contributed by atoms with E-state index in [4.69, 9.17) is 4.52 Å². The molecule has 2 heterocycles. The van der Waals surface area contributed by atoms with Crippen molar-refractivity contribution >= 4 is 0 Å². The van der Waals surface area contributed by atoms with E-state index in [0.29, 0.717) is 0 Å². The van der Waals surface area contributed by atoms with E-state index >= 15 is 0 Å². The predicted molar refractivity (Wildman–Crippen MR) is 72.2 cm³/mol. The van der Waals surface area contributed by atoms with Crippen molar-refractivity contribution in [3.63, 3.8) is 0 Å². The molecule has 2 rings (SSSR count). The van der Waals surface area contributed by atoms with Crippen LogP contribution >= 0.6 is 0 Å². The molecule has 96 valence electrons. The van der Waals surface area contributed by atoms with Gasteiger partial charge in [-0.1, -0.05) is 37.8 Å². The first kappa shape index (κ1) is 12.8. The summed E-state index contributed by atoms with van der Waals surface area (Å²) < 4.78 is 5.35. The quantitative estimate of drug-likeness (QED) is 0.683. The molecule has 0 N–H and O–H groups in total. The minimum absolute atomic E-state index is 0.881. The Hall–Kier alpha value is -1.64. The third-order valence-electron chi connectivity index (χ3n) is 3.04. The molecule has 0 saturated carbocycles. The Morgan fingerprint density at radius 1 is 1.17 bits per heavy atom. The van der Waals surface area contributed by atoms with E-state index in [-0.39, 0.29) is 0 Å². The van der Waals surface area contributed by atoms with Gasteiger partial charge in [0.2, 0.25) is 0 Å². The minimum atomic E-state index is 0.881. The highest BCUT2D eigenvalue weighted by atomic mass is 16.5. The molecule has 3 nitrogen and oxygen atoms in total. The maximum atomic E-state index is 5.35. The molecule has 2 aromatic rings. The zero-order valence-electron chi connectivity index (χ0n) is 10.9. The summed E-state index contributed by atoms with van der Waals surface area (Å²) in [4.78, 5) is 4.08. The van der Waals surface area contributed by atoms with Crippen LogP contribution in [0.15, 0.2) is 35.1 Å². The van der Waals surface area contributed by atoms with Crippen LogP contribution in [-0.4, -0.2) is 10.1 Å². The van der Waals surface area contributed by atoms with Crippen molar-refractivity contribution < 1.29 is 4.52 Å². The Balaban J connectivity index is 1.83. The Labute approximate surface area is 108 Å². The number of pyridine rings is 1. The van der Waals surface area contributed by atoms with Gasteiger partial charge in [-0.2, -0.15) is 0 Å². The maximum Gasteiger partial charge on any atom is 0.137 e. The second kappa shape index (κ2) is 6.94. The van der Waals surface area contributed by atoms with Crippen LogP contribution in [0.4, 0.5) is 0 Å². The van der Waals surface area contributed by atoms with Crippen LogP contribution in [0.2, 0.25) is 0 Å². The summed E-state index contributed by atoms with van der Waals surface area (Å²) in [5, 5.41) is 4.09. The molecule has 0 radical (unpaired) electrons. The van der Waals surface area contributed by atoms with Crippen molar-refractivity contribution in [1.82, 2.24) is 10.1 Å². The van der Waals surface area contributed by atoms with Crippen molar-refractivity contribution in [3.8, 4) is 11.3 Å². The van der Waals surface area contributed by atoms with Crippen molar-refractivity contribution in [2.45, 2.75) is 45.4 Å². The van der Waals surface area contributed by atoms with E-state index in [1.54, 1.807) is 6.20 Å². The van der Waals surface area contributed by atoms with Gasteiger partial charge < -0.3 is 4.52 Å². The van der Waals surface area contributed by atoms with Gasteiger partial charge in [0.15, 0.2) is 0 Å². The van der Waals surface area contributed by atoms with Gasteiger partial charge in [-0.05, 0) is 18.6 Å². The van der Waals surface area contributed by atoms with Crippen LogP contribution in [0.25, 0.3) is 11.3 Å². The Morgan fingerprint density at radius 3 is 2.83 bits per heavy atom. The normalized spacial score (nSPS) is 10.7. The molecule has 0 fully saturated rings. The molecule has 0 aliphatic carbocycles. The largest absolute Gasteiger partial charge is 0.361 e. The highest BCUT2D eigenvalue weighted by Crippen LogP contribution is 2.19. The lowest BCUT2D eigenvalue weighted by molar-refractivity contribution is 0.380. The third kappa shape index (κ3) is 3.69. The average molecular weight is 244 g/mol. The van der Waals surface area contributed by atoms with Crippen molar-refractivity contribution in [3.05, 3.63) is 36.4 Å². The van der Waals surface area contributed by atoms with Crippen LogP contribution in [0.3, 0.4) is 0 Å². The highest BCUT2D eigenvalue weighted by Gasteiger charge is 2.05. The molecule has 2 aromatic heterocycles. The van der Waals surface area contributed by atoms with Gasteiger partial charge in [0, 0.05) is 30.4 Å². The zero-order valence-corrected chi connectivity index (χ0v) is 10.9. The van der Waals surface area contributed by atoms with Crippen LogP contribution < -0.4 is 0 Å². The molecule has 0 aliphatic rings. The van der Waals surface area contributed by atoms with Gasteiger partial charge in [-0.3, -0.25) is 4.98 Å². The van der Waals surface area contributed by atoms with Gasteiger partial charge in [-0.15, -0.1) is 0 Å². The van der Waals surface area contributed by atoms with Gasteiger partial charge in [-0.25, -0.2) is 0 Å². The number of hydrogen-bond acceptors (Lipinski definition) is 3. The monoisotopic (exact) mass is 244 g/mol. The van der Waals surface area contributed by atoms with Crippen molar-refractivity contribution in [2.24, 2.45) is 0 Å². The lowest BCUT2D eigenvalue weighted by Crippen LogP contribution is -1.83. The van der Waals surface area contributed by atoms with Gasteiger partial charge in [0.25, 0.3) is 0 Å². The average Bonchev–Trinajstić information content (AvgIpc) is 2.88. The Bertz CT molecular complexity index is 451. The van der Waals surface area contributed by atoms with Crippen LogP contribution in [0, 0.1) is 0 Å². The zero-order chi connectivity index (χ0) is 12.6. The van der Waals surface area contributed by atoms with E-state index in [9.17, 15) is 0 Å². The summed E-state index contributed by atoms with van der Waals surface area (Å²) in [6.45, 7) is 2.23. The molecule has 0 amide bonds. The first-order valence-corrected chi connectivity index (χ1v) is 6.76. The fourth-order valence-corrected chi connectivity index (χ4v) is 1.98. The molecule has 0 spiro atoms. The van der Waals surface area contributed by atoms with Crippen LogP contribution in [0.1, 0.15) is 44.8 Å². The molecule has 3 heteroatoms. The second-order valence-electron chi connectivity index (χ2n) is 4.58. The number of rotatable bonds is 7. The molecule has 0 aliphatic heterocycles. The van der Waals surface area contributed by atoms with E-state index in [0.717, 1.165) is 23.4 Å². The summed E-state index contributed by atoms with van der Waals surface area (Å²) >= 11 is 0. The summed E-state index contributed by atoms with van der Waals surface area (Å²) in [5.74, 6) is 0.977. The highest BCUT2D eigenvalue weighted by molar-refractivity contribution is 5.57. The smallest absolute Gasteiger partial charge is 0.137 e. The lowest BCUT2D eigenvalue weighted by Gasteiger charge is -1.96. The third-order valence-corrected chi connectivity index (χ3v) is 3.04. The van der Waals surface area contributed by atoms with Crippen molar-refractivity contribution in [2.75, 3.05) is 0 Å². The molecule has 18 heavy (non-hydrogen) atoms. The number of unbranched alkanes of at least 4 members (excludes halogenated alkanes) is 4. The van der Waals surface area contributed by atoms with Crippen molar-refractivity contribution in [1.29, 1.82) is 0 Å². The van der Waals surface area contributed by atoms with E-state index in [1.807, 2.05) is 24.4 Å². The number of aromatic nitrogens is 2. The molecule has 0 unspecified atom stereocenters. The fourth-order valence-electron chi connectivity index (χ4n) is 1.98. The summed E-state index contributed by atoms with van der Waals surface area (Å²) in [5.41, 5.74) is 1.89. The fraction of sp³-hybridized carbons (Fsp3) is 0.467. The van der Waals surface area contributed by atoms with Gasteiger partial charge >= 0.3 is 0 Å². The molecular formula is C15H20N2O. The first-order valence-electron chi connectivity index (χ1n) is 6.76. The van der Waals surface area contributed by atoms with E-state index in [2.05, 4.69) is 17.1 Å². The summed E-state index contributed by atoms with van der Waals surface area (Å²) in [6, 6.07) is 5.93. The Kier molecular flexibility index (Phi) is 4.94. The predicted octanol–water partition coefficient (Wildman–Crippen LogP) is 4.25. The standard InChI is InChI=1S/C15H20N2O/c1-2-3-4-5-6-9-14-11-15(17-18-14)13-8-7-10-16-12-13/h7-8,10-12H,2-6,9H2,1H3. The molecule has 0 atom stereocenters. The molecule has 0 saturated heterocycles. The first-order chi connectivity index (χ1) is 8.90. The molecule has 0 bridgehead atoms. The summed E-state index contributed by atoms with van der Waals surface area (Å²) in [7, 11) is 0.